The quantitative estimate of drug-likeness (QED) is 0.255. The highest BCUT2D eigenvalue weighted by Gasteiger charge is 2.37. The summed E-state index contributed by atoms with van der Waals surface area (Å²) in [6.07, 6.45) is 1.54. The molecule has 1 heterocycles. The Hall–Kier alpha value is -4.48. The Morgan fingerprint density at radius 1 is 1.10 bits per heavy atom. The van der Waals surface area contributed by atoms with Gasteiger partial charge >= 0.3 is 5.97 Å². The summed E-state index contributed by atoms with van der Waals surface area (Å²) in [7, 11) is 3.18. The topological polar surface area (TPSA) is 154 Å². The second-order valence-corrected chi connectivity index (χ2v) is 10.2. The Balaban J connectivity index is 1.84. The minimum Gasteiger partial charge on any atom is -0.496 e. The lowest BCUT2D eigenvalue weighted by Gasteiger charge is -2.27. The Morgan fingerprint density at radius 3 is 2.50 bits per heavy atom. The highest BCUT2D eigenvalue weighted by Crippen LogP contribution is 2.37. The van der Waals surface area contributed by atoms with E-state index < -0.39 is 24.0 Å². The fraction of sp³-hybridized carbons (Fsp3) is 0.355. The average molecular weight is 576 g/mol. The second kappa shape index (κ2) is 13.5. The van der Waals surface area contributed by atoms with Crippen molar-refractivity contribution in [1.82, 2.24) is 10.6 Å². The highest BCUT2D eigenvalue weighted by molar-refractivity contribution is 6.08. The van der Waals surface area contributed by atoms with E-state index in [1.54, 1.807) is 72.3 Å². The number of hydrogen-bond donors (Lipinski definition) is 4. The van der Waals surface area contributed by atoms with Crippen molar-refractivity contribution in [3.05, 3.63) is 65.7 Å². The monoisotopic (exact) mass is 575 g/mol. The lowest BCUT2D eigenvalue weighted by molar-refractivity contribution is -0.128. The number of amides is 3. The minimum absolute atomic E-state index is 0.0371. The van der Waals surface area contributed by atoms with Crippen LogP contribution in [0.1, 0.15) is 42.1 Å². The summed E-state index contributed by atoms with van der Waals surface area (Å²) in [5, 5.41) is 16.6. The lowest BCUT2D eigenvalue weighted by Crippen LogP contribution is -2.55. The highest BCUT2D eigenvalue weighted by atomic mass is 16.5. The molecule has 0 spiro atoms. The van der Waals surface area contributed by atoms with Crippen molar-refractivity contribution in [2.75, 3.05) is 37.0 Å². The number of anilines is 2. The molecule has 0 bridgehead atoms. The Morgan fingerprint density at radius 2 is 1.83 bits per heavy atom. The summed E-state index contributed by atoms with van der Waals surface area (Å²) < 4.78 is 5.67. The molecule has 0 saturated heterocycles. The molecule has 2 unspecified atom stereocenters. The van der Waals surface area contributed by atoms with Gasteiger partial charge in [0.2, 0.25) is 11.8 Å². The first-order valence-electron chi connectivity index (χ1n) is 13.9. The molecule has 5 N–H and O–H groups in total. The third-order valence-corrected chi connectivity index (χ3v) is 7.55. The molecule has 11 nitrogen and oxygen atoms in total. The van der Waals surface area contributed by atoms with E-state index >= 15 is 0 Å². The molecular weight excluding hydrogens is 538 g/mol. The van der Waals surface area contributed by atoms with E-state index in [9.17, 15) is 24.3 Å². The summed E-state index contributed by atoms with van der Waals surface area (Å²) in [5.41, 5.74) is 7.50. The molecule has 1 aliphatic rings. The maximum atomic E-state index is 14.3. The molecule has 0 aliphatic carbocycles. The van der Waals surface area contributed by atoms with Gasteiger partial charge in [0.15, 0.2) is 0 Å². The minimum atomic E-state index is -1.04. The average Bonchev–Trinajstić information content (AvgIpc) is 3.11. The van der Waals surface area contributed by atoms with Gasteiger partial charge < -0.3 is 36.0 Å². The molecule has 42 heavy (non-hydrogen) atoms. The van der Waals surface area contributed by atoms with Crippen molar-refractivity contribution in [3.8, 4) is 5.75 Å². The summed E-state index contributed by atoms with van der Waals surface area (Å²) in [4.78, 5) is 55.5. The number of hydrogen-bond acceptors (Lipinski definition) is 7. The lowest BCUT2D eigenvalue weighted by atomic mass is 10.00. The number of methoxy groups -OCH3 is 1. The van der Waals surface area contributed by atoms with E-state index in [1.807, 2.05) is 0 Å². The van der Waals surface area contributed by atoms with Crippen molar-refractivity contribution in [2.45, 2.75) is 44.8 Å². The normalized spacial score (nSPS) is 15.6. The molecule has 0 aromatic heterocycles. The number of para-hydroxylation sites is 2. The smallest absolute Gasteiger partial charge is 0.335 e. The van der Waals surface area contributed by atoms with Crippen LogP contribution >= 0.6 is 0 Å². The van der Waals surface area contributed by atoms with E-state index in [0.717, 1.165) is 0 Å². The molecule has 0 saturated carbocycles. The van der Waals surface area contributed by atoms with Crippen LogP contribution in [-0.2, 0) is 20.9 Å². The van der Waals surface area contributed by atoms with E-state index in [0.29, 0.717) is 52.8 Å². The van der Waals surface area contributed by atoms with Crippen LogP contribution in [0.3, 0.4) is 0 Å². The summed E-state index contributed by atoms with van der Waals surface area (Å²) in [6, 6.07) is 13.8. The van der Waals surface area contributed by atoms with Crippen LogP contribution in [0.5, 0.6) is 5.75 Å². The fourth-order valence-corrected chi connectivity index (χ4v) is 5.10. The van der Waals surface area contributed by atoms with E-state index in [1.165, 1.54) is 13.2 Å². The van der Waals surface area contributed by atoms with Crippen LogP contribution in [0.2, 0.25) is 0 Å². The van der Waals surface area contributed by atoms with Gasteiger partial charge in [-0.15, -0.1) is 0 Å². The van der Waals surface area contributed by atoms with Gasteiger partial charge in [-0.2, -0.15) is 0 Å². The first-order chi connectivity index (χ1) is 20.2. The molecule has 2 atom stereocenters. The number of fused-ring (bicyclic) bond motifs is 2. The zero-order valence-electron chi connectivity index (χ0n) is 24.1. The van der Waals surface area contributed by atoms with Gasteiger partial charge in [-0.1, -0.05) is 24.3 Å². The van der Waals surface area contributed by atoms with Crippen molar-refractivity contribution in [3.63, 3.8) is 0 Å². The third kappa shape index (κ3) is 6.37. The molecular formula is C31H37N5O6. The SMILES string of the molecule is CNC(C)C(=O)NC1CN(C(=O)CCCCN)c2ccccc2N(Cc2c(OC)ccc3cc(C(=O)O)ccc23)C1=O. The Labute approximate surface area is 244 Å². The molecule has 1 aliphatic heterocycles. The largest absolute Gasteiger partial charge is 0.496 e. The summed E-state index contributed by atoms with van der Waals surface area (Å²) in [6.45, 7) is 2.17. The molecule has 3 aromatic carbocycles. The maximum Gasteiger partial charge on any atom is 0.335 e. The Bertz CT molecular complexity index is 1490. The van der Waals surface area contributed by atoms with Gasteiger partial charge in [-0.3, -0.25) is 14.4 Å². The maximum absolute atomic E-state index is 14.3. The molecule has 0 radical (unpaired) electrons. The number of nitrogens with two attached hydrogens (primary N) is 1. The summed E-state index contributed by atoms with van der Waals surface area (Å²) in [5.74, 6) is -1.47. The summed E-state index contributed by atoms with van der Waals surface area (Å²) >= 11 is 0. The van der Waals surface area contributed by atoms with Crippen molar-refractivity contribution in [2.24, 2.45) is 5.73 Å². The zero-order valence-corrected chi connectivity index (χ0v) is 24.1. The van der Waals surface area contributed by atoms with Gasteiger partial charge in [-0.25, -0.2) is 4.79 Å². The van der Waals surface area contributed by atoms with E-state index in [4.69, 9.17) is 10.5 Å². The standard InChI is InChI=1S/C31H37N5O6/c1-19(33-2)29(38)34-24-18-35(28(37)10-6-7-15-32)25-8-4-5-9-26(25)36(30(24)39)17-23-22-13-11-21(31(40)41)16-20(22)12-14-27(23)42-3/h4-5,8-9,11-14,16,19,24,33H,6-7,10,15,17-18,32H2,1-3H3,(H,34,38)(H,40,41). The van der Waals surface area contributed by atoms with Gasteiger partial charge in [-0.05, 0) is 74.5 Å². The fourth-order valence-electron chi connectivity index (χ4n) is 5.10. The van der Waals surface area contributed by atoms with E-state index in [-0.39, 0.29) is 36.9 Å². The molecule has 11 heteroatoms. The molecule has 0 fully saturated rings. The first kappa shape index (κ1) is 30.5. The molecule has 222 valence electrons. The number of nitrogens with zero attached hydrogens (tertiary/aromatic N) is 2. The van der Waals surface area contributed by atoms with Crippen LogP contribution in [0.15, 0.2) is 54.6 Å². The van der Waals surface area contributed by atoms with Crippen LogP contribution in [0.4, 0.5) is 11.4 Å². The van der Waals surface area contributed by atoms with Gasteiger partial charge in [0.25, 0.3) is 5.91 Å². The number of carbonyl (C=O) groups excluding carboxylic acids is 3. The zero-order chi connectivity index (χ0) is 30.4. The van der Waals surface area contributed by atoms with Crippen molar-refractivity contribution in [1.29, 1.82) is 0 Å². The van der Waals surface area contributed by atoms with Crippen molar-refractivity contribution < 1.29 is 29.0 Å². The van der Waals surface area contributed by atoms with Crippen LogP contribution < -0.4 is 30.9 Å². The predicted molar refractivity (Wildman–Crippen MR) is 161 cm³/mol. The van der Waals surface area contributed by atoms with Gasteiger partial charge in [0.1, 0.15) is 11.8 Å². The van der Waals surface area contributed by atoms with Crippen LogP contribution in [0, 0.1) is 0 Å². The Kier molecular flexibility index (Phi) is 9.76. The number of carboxylic acid groups (broad SMARTS) is 1. The number of rotatable bonds is 11. The number of carboxylic acids is 1. The van der Waals surface area contributed by atoms with Gasteiger partial charge in [0, 0.05) is 12.0 Å². The molecule has 3 amide bonds. The number of aromatic carboxylic acids is 1. The second-order valence-electron chi connectivity index (χ2n) is 10.2. The number of ether oxygens (including phenoxy) is 1. The number of carbonyl (C=O) groups is 4. The van der Waals surface area contributed by atoms with Gasteiger partial charge in [0.05, 0.1) is 43.2 Å². The third-order valence-electron chi connectivity index (χ3n) is 7.55. The number of likely N-dealkylation sites (N-methyl/N-ethyl adjacent to an activating group) is 1. The molecule has 4 rings (SSSR count). The van der Waals surface area contributed by atoms with Crippen LogP contribution in [0.25, 0.3) is 10.8 Å². The first-order valence-corrected chi connectivity index (χ1v) is 13.9. The van der Waals surface area contributed by atoms with E-state index in [2.05, 4.69) is 10.6 Å². The van der Waals surface area contributed by atoms with Crippen LogP contribution in [-0.4, -0.2) is 68.1 Å². The number of nitrogens with one attached hydrogen (secondary N) is 2. The molecule has 3 aromatic rings. The number of unbranched alkanes of at least 4 members (excludes halogenated alkanes) is 1. The predicted octanol–water partition coefficient (Wildman–Crippen LogP) is 2.65. The number of benzene rings is 3. The van der Waals surface area contributed by atoms with Crippen molar-refractivity contribution >= 4 is 45.8 Å².